The molecule has 1 atom stereocenters. The second-order valence-electron chi connectivity index (χ2n) is 6.64. The monoisotopic (exact) mass is 314 g/mol. The second kappa shape index (κ2) is 5.08. The number of piperidine rings is 1. The molecule has 2 fully saturated rings. The van der Waals surface area contributed by atoms with Gasteiger partial charge in [0.15, 0.2) is 5.58 Å². The van der Waals surface area contributed by atoms with Crippen LogP contribution in [0.25, 0.3) is 11.0 Å². The number of aliphatic carboxylic acids is 1. The first-order valence-electron chi connectivity index (χ1n) is 7.93. The molecule has 1 saturated carbocycles. The third kappa shape index (κ3) is 2.38. The number of hydrogen-bond acceptors (Lipinski definition) is 4. The molecular formula is C17H18N2O4. The Morgan fingerprint density at radius 1 is 1.30 bits per heavy atom. The summed E-state index contributed by atoms with van der Waals surface area (Å²) in [4.78, 5) is 25.4. The fourth-order valence-corrected chi connectivity index (χ4v) is 3.77. The minimum atomic E-state index is -0.696. The maximum absolute atomic E-state index is 12.5. The van der Waals surface area contributed by atoms with Crippen LogP contribution in [0.1, 0.15) is 25.0 Å². The molecule has 2 aliphatic rings. The topological polar surface area (TPSA) is 83.6 Å². The molecule has 1 saturated heterocycles. The molecule has 0 radical (unpaired) electrons. The van der Waals surface area contributed by atoms with Gasteiger partial charge in [-0.1, -0.05) is 17.3 Å². The number of hydrogen-bond donors (Lipinski definition) is 1. The molecule has 1 spiro atoms. The Labute approximate surface area is 133 Å². The number of carbonyl (C=O) groups excluding carboxylic acids is 1. The Kier molecular flexibility index (Phi) is 3.14. The number of fused-ring (bicyclic) bond motifs is 1. The van der Waals surface area contributed by atoms with E-state index in [0.717, 1.165) is 24.6 Å². The number of rotatable bonds is 3. The van der Waals surface area contributed by atoms with Crippen molar-refractivity contribution in [2.24, 2.45) is 11.3 Å². The van der Waals surface area contributed by atoms with Crippen LogP contribution in [0.15, 0.2) is 28.8 Å². The van der Waals surface area contributed by atoms with Crippen molar-refractivity contribution >= 4 is 22.8 Å². The van der Waals surface area contributed by atoms with Crippen molar-refractivity contribution in [3.8, 4) is 0 Å². The van der Waals surface area contributed by atoms with Gasteiger partial charge in [0.2, 0.25) is 5.91 Å². The van der Waals surface area contributed by atoms with Gasteiger partial charge in [0, 0.05) is 18.5 Å². The molecule has 1 aromatic heterocycles. The number of carboxylic acid groups (broad SMARTS) is 1. The smallest absolute Gasteiger partial charge is 0.307 e. The van der Waals surface area contributed by atoms with Crippen molar-refractivity contribution < 1.29 is 19.2 Å². The van der Waals surface area contributed by atoms with E-state index in [0.29, 0.717) is 24.4 Å². The molecule has 1 unspecified atom stereocenters. The fourth-order valence-electron chi connectivity index (χ4n) is 3.77. The highest BCUT2D eigenvalue weighted by molar-refractivity contribution is 5.86. The van der Waals surface area contributed by atoms with E-state index in [1.165, 1.54) is 0 Å². The van der Waals surface area contributed by atoms with Gasteiger partial charge in [-0.25, -0.2) is 0 Å². The van der Waals surface area contributed by atoms with Crippen molar-refractivity contribution in [2.75, 3.05) is 13.1 Å². The van der Waals surface area contributed by atoms with Crippen LogP contribution in [0.5, 0.6) is 0 Å². The number of carboxylic acids is 1. The lowest BCUT2D eigenvalue weighted by atomic mass is 9.90. The summed E-state index contributed by atoms with van der Waals surface area (Å²) in [7, 11) is 0. The molecule has 1 N–H and O–H groups in total. The first kappa shape index (κ1) is 14.2. The highest BCUT2D eigenvalue weighted by Crippen LogP contribution is 2.59. The van der Waals surface area contributed by atoms with E-state index in [1.807, 2.05) is 29.2 Å². The van der Waals surface area contributed by atoms with E-state index >= 15 is 0 Å². The molecule has 2 heterocycles. The lowest BCUT2D eigenvalue weighted by Gasteiger charge is -2.32. The van der Waals surface area contributed by atoms with Crippen LogP contribution >= 0.6 is 0 Å². The van der Waals surface area contributed by atoms with Gasteiger partial charge in [0.05, 0.1) is 12.3 Å². The van der Waals surface area contributed by atoms with Crippen LogP contribution in [0.2, 0.25) is 0 Å². The molecule has 1 aliphatic heterocycles. The van der Waals surface area contributed by atoms with Crippen molar-refractivity contribution in [3.63, 3.8) is 0 Å². The lowest BCUT2D eigenvalue weighted by molar-refractivity contribution is -0.139. The minimum absolute atomic E-state index is 0.0337. The normalized spacial score (nSPS) is 22.4. The number of para-hydroxylation sites is 1. The summed E-state index contributed by atoms with van der Waals surface area (Å²) in [5.74, 6) is -0.871. The molecule has 0 bridgehead atoms. The summed E-state index contributed by atoms with van der Waals surface area (Å²) in [6, 6.07) is 7.51. The predicted octanol–water partition coefficient (Wildman–Crippen LogP) is 2.08. The molecule has 6 heteroatoms. The summed E-state index contributed by atoms with van der Waals surface area (Å²) in [6.45, 7) is 1.27. The zero-order chi connectivity index (χ0) is 16.0. The number of amides is 1. The number of benzene rings is 1. The SMILES string of the molecule is O=C(O)C1CC12CCN(C(=O)Cc1noc3ccccc13)CC2. The van der Waals surface area contributed by atoms with Gasteiger partial charge in [0.25, 0.3) is 0 Å². The van der Waals surface area contributed by atoms with Crippen LogP contribution in [-0.4, -0.2) is 40.1 Å². The summed E-state index contributed by atoms with van der Waals surface area (Å²) in [6.07, 6.45) is 2.56. The largest absolute Gasteiger partial charge is 0.481 e. The van der Waals surface area contributed by atoms with Gasteiger partial charge in [-0.05, 0) is 36.8 Å². The number of likely N-dealkylation sites (tertiary alicyclic amines) is 1. The lowest BCUT2D eigenvalue weighted by Crippen LogP contribution is -2.40. The third-order valence-electron chi connectivity index (χ3n) is 5.37. The minimum Gasteiger partial charge on any atom is -0.481 e. The highest BCUT2D eigenvalue weighted by Gasteiger charge is 2.59. The van der Waals surface area contributed by atoms with Gasteiger partial charge >= 0.3 is 5.97 Å². The van der Waals surface area contributed by atoms with Crippen LogP contribution in [-0.2, 0) is 16.0 Å². The first-order chi connectivity index (χ1) is 11.1. The van der Waals surface area contributed by atoms with Crippen molar-refractivity contribution in [3.05, 3.63) is 30.0 Å². The fraction of sp³-hybridized carbons (Fsp3) is 0.471. The maximum Gasteiger partial charge on any atom is 0.307 e. The van der Waals surface area contributed by atoms with E-state index < -0.39 is 5.97 Å². The van der Waals surface area contributed by atoms with Gasteiger partial charge in [-0.3, -0.25) is 9.59 Å². The van der Waals surface area contributed by atoms with Crippen molar-refractivity contribution in [1.82, 2.24) is 10.1 Å². The summed E-state index contributed by atoms with van der Waals surface area (Å²) >= 11 is 0. The Hall–Kier alpha value is -2.37. The van der Waals surface area contributed by atoms with Crippen LogP contribution < -0.4 is 0 Å². The van der Waals surface area contributed by atoms with E-state index in [4.69, 9.17) is 9.63 Å². The van der Waals surface area contributed by atoms with E-state index in [1.54, 1.807) is 0 Å². The van der Waals surface area contributed by atoms with Crippen molar-refractivity contribution in [2.45, 2.75) is 25.7 Å². The Morgan fingerprint density at radius 2 is 2.04 bits per heavy atom. The van der Waals surface area contributed by atoms with Gasteiger partial charge in [0.1, 0.15) is 5.69 Å². The number of aromatic nitrogens is 1. The Balaban J connectivity index is 1.40. The van der Waals surface area contributed by atoms with E-state index in [9.17, 15) is 9.59 Å². The van der Waals surface area contributed by atoms with Crippen molar-refractivity contribution in [1.29, 1.82) is 0 Å². The molecule has 1 amide bonds. The molecule has 4 rings (SSSR count). The van der Waals surface area contributed by atoms with Crippen LogP contribution in [0.4, 0.5) is 0 Å². The molecule has 120 valence electrons. The molecule has 23 heavy (non-hydrogen) atoms. The van der Waals surface area contributed by atoms with E-state index in [2.05, 4.69) is 5.16 Å². The molecule has 1 aromatic carbocycles. The molecule has 6 nitrogen and oxygen atoms in total. The van der Waals surface area contributed by atoms with Gasteiger partial charge < -0.3 is 14.5 Å². The molecule has 2 aromatic rings. The highest BCUT2D eigenvalue weighted by atomic mass is 16.5. The second-order valence-corrected chi connectivity index (χ2v) is 6.64. The average Bonchev–Trinajstić information content (AvgIpc) is 3.11. The third-order valence-corrected chi connectivity index (χ3v) is 5.37. The molecule has 1 aliphatic carbocycles. The maximum atomic E-state index is 12.5. The van der Waals surface area contributed by atoms with Crippen LogP contribution in [0.3, 0.4) is 0 Å². The van der Waals surface area contributed by atoms with E-state index in [-0.39, 0.29) is 23.7 Å². The quantitative estimate of drug-likeness (QED) is 0.938. The zero-order valence-electron chi connectivity index (χ0n) is 12.7. The standard InChI is InChI=1S/C17H18N2O4/c20-15(9-13-11-3-1-2-4-14(11)23-18-13)19-7-5-17(6-8-19)10-12(17)16(21)22/h1-4,12H,5-10H2,(H,21,22). The van der Waals surface area contributed by atoms with Crippen LogP contribution in [0, 0.1) is 11.3 Å². The number of carbonyl (C=O) groups is 2. The average molecular weight is 314 g/mol. The van der Waals surface area contributed by atoms with Gasteiger partial charge in [-0.2, -0.15) is 0 Å². The predicted molar refractivity (Wildman–Crippen MR) is 81.7 cm³/mol. The summed E-state index contributed by atoms with van der Waals surface area (Å²) in [5, 5.41) is 14.0. The Morgan fingerprint density at radius 3 is 2.74 bits per heavy atom. The number of nitrogens with zero attached hydrogens (tertiary/aromatic N) is 2. The zero-order valence-corrected chi connectivity index (χ0v) is 12.7. The summed E-state index contributed by atoms with van der Waals surface area (Å²) in [5.41, 5.74) is 1.30. The van der Waals surface area contributed by atoms with Gasteiger partial charge in [-0.15, -0.1) is 0 Å². The first-order valence-corrected chi connectivity index (χ1v) is 7.93. The molecular weight excluding hydrogens is 296 g/mol. The summed E-state index contributed by atoms with van der Waals surface area (Å²) < 4.78 is 5.23. The Bertz CT molecular complexity index is 774.